The fourth-order valence-electron chi connectivity index (χ4n) is 3.68. The van der Waals surface area contributed by atoms with Crippen LogP contribution in [0.4, 0.5) is 17.1 Å². The summed E-state index contributed by atoms with van der Waals surface area (Å²) in [5.74, 6) is 0. The maximum Gasteiger partial charge on any atom is 0.143 e. The molecule has 0 atom stereocenters. The van der Waals surface area contributed by atoms with Crippen molar-refractivity contribution in [3.63, 3.8) is 0 Å². The third kappa shape index (κ3) is 4.25. The summed E-state index contributed by atoms with van der Waals surface area (Å²) < 4.78 is 0.775. The highest BCUT2D eigenvalue weighted by Gasteiger charge is 2.35. The number of nitrogens with zero attached hydrogens (tertiary/aromatic N) is 1. The Bertz CT molecular complexity index is 659. The highest BCUT2D eigenvalue weighted by Crippen LogP contribution is 2.43. The van der Waals surface area contributed by atoms with Gasteiger partial charge < -0.3 is 0 Å². The van der Waals surface area contributed by atoms with Gasteiger partial charge in [0.05, 0.1) is 6.54 Å². The Morgan fingerprint density at radius 1 is 0.500 bits per heavy atom. The fraction of sp³-hybridized carbons (Fsp3) is 0.250. The molecule has 3 rings (SSSR count). The number of alkyl halides is 1. The van der Waals surface area contributed by atoms with Crippen LogP contribution in [0.5, 0.6) is 0 Å². The molecule has 0 spiro atoms. The van der Waals surface area contributed by atoms with Gasteiger partial charge >= 0.3 is 0 Å². The van der Waals surface area contributed by atoms with E-state index in [4.69, 9.17) is 0 Å². The molecule has 0 saturated carbocycles. The van der Waals surface area contributed by atoms with E-state index in [1.165, 1.54) is 42.7 Å². The lowest BCUT2D eigenvalue weighted by atomic mass is 10.1. The first-order valence-corrected chi connectivity index (χ1v) is 10.6. The van der Waals surface area contributed by atoms with E-state index in [9.17, 15) is 0 Å². The Labute approximate surface area is 166 Å². The smallest absolute Gasteiger partial charge is 0.143 e. The minimum atomic E-state index is 0.775. The van der Waals surface area contributed by atoms with Gasteiger partial charge in [0.2, 0.25) is 0 Å². The highest BCUT2D eigenvalue weighted by atomic mass is 79.9. The van der Waals surface area contributed by atoms with Crippen molar-refractivity contribution in [2.24, 2.45) is 0 Å². The van der Waals surface area contributed by atoms with Crippen molar-refractivity contribution < 1.29 is 0 Å². The summed E-state index contributed by atoms with van der Waals surface area (Å²) in [5, 5.41) is 1.10. The van der Waals surface area contributed by atoms with Crippen LogP contribution in [0.25, 0.3) is 0 Å². The predicted octanol–water partition coefficient (Wildman–Crippen LogP) is 7.61. The number of quaternary nitrogens is 1. The molecular weight excluding hydrogens is 382 g/mol. The summed E-state index contributed by atoms with van der Waals surface area (Å²) in [5.41, 5.74) is 3.97. The zero-order chi connectivity index (χ0) is 18.1. The largest absolute Gasteiger partial charge is 0.227 e. The van der Waals surface area contributed by atoms with Gasteiger partial charge in [0, 0.05) is 5.33 Å². The average Bonchev–Trinajstić information content (AvgIpc) is 2.73. The van der Waals surface area contributed by atoms with Gasteiger partial charge in [-0.2, -0.15) is 0 Å². The van der Waals surface area contributed by atoms with Crippen molar-refractivity contribution in [2.45, 2.75) is 25.7 Å². The minimum Gasteiger partial charge on any atom is -0.227 e. The Morgan fingerprint density at radius 3 is 1.27 bits per heavy atom. The number of hydrogen-bond acceptors (Lipinski definition) is 0. The normalized spacial score (nSPS) is 11.4. The van der Waals surface area contributed by atoms with Crippen LogP contribution in [-0.2, 0) is 0 Å². The first kappa shape index (κ1) is 18.9. The lowest BCUT2D eigenvalue weighted by Gasteiger charge is -2.37. The molecule has 134 valence electrons. The first-order valence-electron chi connectivity index (χ1n) is 9.49. The van der Waals surface area contributed by atoms with Gasteiger partial charge in [0.1, 0.15) is 17.1 Å². The van der Waals surface area contributed by atoms with Crippen molar-refractivity contribution in [1.82, 2.24) is 4.48 Å². The monoisotopic (exact) mass is 408 g/mol. The summed E-state index contributed by atoms with van der Waals surface area (Å²) in [6.45, 7) is 1.07. The minimum absolute atomic E-state index is 0.775. The molecule has 0 heterocycles. The Hall–Kier alpha value is -1.90. The standard InChI is InChI=1S/C24H27BrN/c25-20-12-1-2-13-21-26(22-14-6-3-7-15-22,23-16-8-4-9-17-23)24-18-10-5-11-19-24/h3-11,14-19H,1-2,12-13,20-21H2/q+1. The second-order valence-corrected chi connectivity index (χ2v) is 7.44. The highest BCUT2D eigenvalue weighted by molar-refractivity contribution is 9.09. The number of para-hydroxylation sites is 3. The molecule has 0 aliphatic heterocycles. The van der Waals surface area contributed by atoms with Crippen LogP contribution in [0.1, 0.15) is 25.7 Å². The summed E-state index contributed by atoms with van der Waals surface area (Å²) in [6, 6.07) is 32.8. The quantitative estimate of drug-likeness (QED) is 0.194. The van der Waals surface area contributed by atoms with Crippen LogP contribution in [0.3, 0.4) is 0 Å². The van der Waals surface area contributed by atoms with Crippen molar-refractivity contribution in [2.75, 3.05) is 11.9 Å². The van der Waals surface area contributed by atoms with E-state index in [1.54, 1.807) is 0 Å². The predicted molar refractivity (Wildman–Crippen MR) is 118 cm³/mol. The second-order valence-electron chi connectivity index (χ2n) is 6.64. The summed E-state index contributed by atoms with van der Waals surface area (Å²) in [4.78, 5) is 0. The average molecular weight is 409 g/mol. The fourth-order valence-corrected chi connectivity index (χ4v) is 4.08. The molecule has 3 aromatic rings. The van der Waals surface area contributed by atoms with Crippen LogP contribution in [0.2, 0.25) is 0 Å². The Kier molecular flexibility index (Phi) is 7.04. The number of halogens is 1. The topological polar surface area (TPSA) is 0 Å². The molecule has 0 amide bonds. The van der Waals surface area contributed by atoms with Gasteiger partial charge in [-0.1, -0.05) is 76.9 Å². The Morgan fingerprint density at radius 2 is 0.885 bits per heavy atom. The lowest BCUT2D eigenvalue weighted by Crippen LogP contribution is -2.39. The molecule has 0 radical (unpaired) electrons. The zero-order valence-electron chi connectivity index (χ0n) is 15.2. The van der Waals surface area contributed by atoms with Gasteiger partial charge in [-0.3, -0.25) is 0 Å². The van der Waals surface area contributed by atoms with Gasteiger partial charge in [-0.25, -0.2) is 4.48 Å². The molecule has 2 heteroatoms. The summed E-state index contributed by atoms with van der Waals surface area (Å²) in [6.07, 6.45) is 5.00. The number of rotatable bonds is 9. The zero-order valence-corrected chi connectivity index (χ0v) is 16.8. The van der Waals surface area contributed by atoms with Crippen LogP contribution in [0.15, 0.2) is 91.0 Å². The summed E-state index contributed by atoms with van der Waals surface area (Å²) in [7, 11) is 0. The van der Waals surface area contributed by atoms with E-state index in [-0.39, 0.29) is 0 Å². The number of hydrogen-bond donors (Lipinski definition) is 0. The molecule has 26 heavy (non-hydrogen) atoms. The van der Waals surface area contributed by atoms with Crippen molar-refractivity contribution in [3.8, 4) is 0 Å². The molecule has 0 unspecified atom stereocenters. The van der Waals surface area contributed by atoms with E-state index in [0.29, 0.717) is 0 Å². The molecule has 0 bridgehead atoms. The molecule has 0 fully saturated rings. The maximum atomic E-state index is 3.55. The third-order valence-electron chi connectivity index (χ3n) is 4.97. The van der Waals surface area contributed by atoms with Gasteiger partial charge in [0.15, 0.2) is 0 Å². The number of unbranched alkanes of at least 4 members (excludes halogenated alkanes) is 3. The SMILES string of the molecule is BrCCCCCC[N+](c1ccccc1)(c1ccccc1)c1ccccc1. The van der Waals surface area contributed by atoms with Crippen molar-refractivity contribution in [1.29, 1.82) is 0 Å². The Balaban J connectivity index is 2.06. The molecule has 3 aromatic carbocycles. The molecule has 0 aliphatic rings. The van der Waals surface area contributed by atoms with E-state index >= 15 is 0 Å². The maximum absolute atomic E-state index is 3.55. The van der Waals surface area contributed by atoms with Gasteiger partial charge in [-0.05, 0) is 55.7 Å². The first-order chi connectivity index (χ1) is 12.9. The van der Waals surface area contributed by atoms with Crippen LogP contribution in [-0.4, -0.2) is 11.9 Å². The number of benzene rings is 3. The van der Waals surface area contributed by atoms with E-state index < -0.39 is 0 Å². The van der Waals surface area contributed by atoms with Crippen molar-refractivity contribution >= 4 is 33.0 Å². The molecule has 0 N–H and O–H groups in total. The molecule has 1 nitrogen and oxygen atoms in total. The summed E-state index contributed by atoms with van der Waals surface area (Å²) >= 11 is 3.55. The van der Waals surface area contributed by atoms with E-state index in [0.717, 1.165) is 16.4 Å². The third-order valence-corrected chi connectivity index (χ3v) is 5.53. The van der Waals surface area contributed by atoms with E-state index in [1.807, 2.05) is 0 Å². The molecular formula is C24H27BrN+. The van der Waals surface area contributed by atoms with Crippen LogP contribution < -0.4 is 4.48 Å². The lowest BCUT2D eigenvalue weighted by molar-refractivity contribution is 0.481. The van der Waals surface area contributed by atoms with E-state index in [2.05, 4.69) is 107 Å². The molecule has 0 aliphatic carbocycles. The van der Waals surface area contributed by atoms with Crippen molar-refractivity contribution in [3.05, 3.63) is 91.0 Å². The van der Waals surface area contributed by atoms with Crippen LogP contribution in [0, 0.1) is 0 Å². The van der Waals surface area contributed by atoms with Gasteiger partial charge in [-0.15, -0.1) is 0 Å². The molecule has 0 aromatic heterocycles. The van der Waals surface area contributed by atoms with Crippen LogP contribution >= 0.6 is 15.9 Å². The van der Waals surface area contributed by atoms with Gasteiger partial charge in [0.25, 0.3) is 0 Å². The second kappa shape index (κ2) is 9.70. The molecule has 0 saturated heterocycles.